The van der Waals surface area contributed by atoms with E-state index in [0.29, 0.717) is 33.2 Å². The molecule has 1 N–H and O–H groups in total. The normalized spacial score (nSPS) is 10.9. The largest absolute Gasteiger partial charge is 0.468 e. The monoisotopic (exact) mass is 489 g/mol. The van der Waals surface area contributed by atoms with Crippen LogP contribution in [0.3, 0.4) is 0 Å². The molecule has 2 aromatic heterocycles. The van der Waals surface area contributed by atoms with E-state index in [1.165, 1.54) is 4.68 Å². The Balaban J connectivity index is 1.40. The van der Waals surface area contributed by atoms with E-state index in [0.717, 1.165) is 11.3 Å². The molecule has 0 aliphatic carbocycles. The van der Waals surface area contributed by atoms with Crippen LogP contribution >= 0.6 is 34.8 Å². The van der Waals surface area contributed by atoms with Crippen molar-refractivity contribution < 1.29 is 9.53 Å². The van der Waals surface area contributed by atoms with Crippen molar-refractivity contribution in [2.75, 3.05) is 5.32 Å². The average Bonchev–Trinajstić information content (AvgIpc) is 3.36. The maximum absolute atomic E-state index is 12.6. The zero-order valence-electron chi connectivity index (χ0n) is 16.9. The number of aryl methyl sites for hydroxylation is 1. The molecule has 0 fully saturated rings. The number of aromatic nitrogens is 4. The lowest BCUT2D eigenvalue weighted by atomic mass is 10.2. The molecular formula is C22H18Cl3N5O2. The van der Waals surface area contributed by atoms with E-state index in [4.69, 9.17) is 39.5 Å². The predicted molar refractivity (Wildman–Crippen MR) is 125 cm³/mol. The number of rotatable bonds is 7. The third-order valence-corrected chi connectivity index (χ3v) is 5.60. The SMILES string of the molecule is Cc1cc(NC(=O)c2ccn(COc3c(Cl)cccc3Cl)n2)nn1Cc1ccccc1Cl. The molecule has 0 unspecified atom stereocenters. The minimum absolute atomic E-state index is 0.0440. The fourth-order valence-corrected chi connectivity index (χ4v) is 3.71. The van der Waals surface area contributed by atoms with Crippen molar-refractivity contribution >= 4 is 46.5 Å². The summed E-state index contributed by atoms with van der Waals surface area (Å²) in [6, 6.07) is 16.0. The minimum atomic E-state index is -0.387. The van der Waals surface area contributed by atoms with Crippen LogP contribution in [-0.2, 0) is 13.3 Å². The topological polar surface area (TPSA) is 74.0 Å². The molecule has 2 heterocycles. The number of para-hydroxylation sites is 1. The van der Waals surface area contributed by atoms with E-state index in [9.17, 15) is 4.79 Å². The Hall–Kier alpha value is -3.00. The lowest BCUT2D eigenvalue weighted by molar-refractivity contribution is 0.101. The first-order valence-corrected chi connectivity index (χ1v) is 10.7. The van der Waals surface area contributed by atoms with Crippen molar-refractivity contribution in [3.05, 3.63) is 92.8 Å². The van der Waals surface area contributed by atoms with Gasteiger partial charge in [0.05, 0.1) is 16.6 Å². The lowest BCUT2D eigenvalue weighted by Crippen LogP contribution is -2.15. The summed E-state index contributed by atoms with van der Waals surface area (Å²) >= 11 is 18.4. The minimum Gasteiger partial charge on any atom is -0.468 e. The van der Waals surface area contributed by atoms with E-state index < -0.39 is 0 Å². The van der Waals surface area contributed by atoms with Gasteiger partial charge >= 0.3 is 0 Å². The summed E-state index contributed by atoms with van der Waals surface area (Å²) in [6.45, 7) is 2.45. The van der Waals surface area contributed by atoms with Gasteiger partial charge in [0.25, 0.3) is 5.91 Å². The molecule has 0 saturated carbocycles. The highest BCUT2D eigenvalue weighted by atomic mass is 35.5. The average molecular weight is 491 g/mol. The van der Waals surface area contributed by atoms with Gasteiger partial charge in [0, 0.05) is 23.0 Å². The van der Waals surface area contributed by atoms with Crippen LogP contribution < -0.4 is 10.1 Å². The first kappa shape index (κ1) is 22.2. The summed E-state index contributed by atoms with van der Waals surface area (Å²) in [7, 11) is 0. The standard InChI is InChI=1S/C22H18Cl3N5O2/c1-14-11-20(28-30(14)12-15-5-2-3-6-16(15)23)26-22(31)19-9-10-29(27-19)13-32-21-17(24)7-4-8-18(21)25/h2-11H,12-13H2,1H3,(H,26,28,31). The molecule has 0 saturated heterocycles. The number of hydrogen-bond donors (Lipinski definition) is 1. The lowest BCUT2D eigenvalue weighted by Gasteiger charge is -2.09. The van der Waals surface area contributed by atoms with Gasteiger partial charge in [0.2, 0.25) is 0 Å². The molecule has 0 spiro atoms. The van der Waals surface area contributed by atoms with Crippen LogP contribution in [0.1, 0.15) is 21.7 Å². The second kappa shape index (κ2) is 9.65. The Morgan fingerprint density at radius 2 is 1.72 bits per heavy atom. The molecule has 0 radical (unpaired) electrons. The zero-order valence-corrected chi connectivity index (χ0v) is 19.2. The first-order chi connectivity index (χ1) is 15.4. The molecule has 0 aliphatic heterocycles. The van der Waals surface area contributed by atoms with Crippen LogP contribution in [0, 0.1) is 6.92 Å². The Kier molecular flexibility index (Phi) is 6.69. The van der Waals surface area contributed by atoms with Crippen LogP contribution in [0.5, 0.6) is 5.75 Å². The second-order valence-corrected chi connectivity index (χ2v) is 8.16. The summed E-state index contributed by atoms with van der Waals surface area (Å²) < 4.78 is 8.87. The Morgan fingerprint density at radius 3 is 2.47 bits per heavy atom. The van der Waals surface area contributed by atoms with Crippen molar-refractivity contribution in [2.45, 2.75) is 20.2 Å². The number of nitrogens with one attached hydrogen (secondary N) is 1. The molecule has 2 aromatic carbocycles. The van der Waals surface area contributed by atoms with E-state index in [1.807, 2.05) is 31.2 Å². The quantitative estimate of drug-likeness (QED) is 0.361. The molecule has 1 amide bonds. The van der Waals surface area contributed by atoms with Gasteiger partial charge < -0.3 is 10.1 Å². The zero-order chi connectivity index (χ0) is 22.7. The van der Waals surface area contributed by atoms with Gasteiger partial charge in [-0.15, -0.1) is 0 Å². The van der Waals surface area contributed by atoms with Crippen LogP contribution in [0.2, 0.25) is 15.1 Å². The summed E-state index contributed by atoms with van der Waals surface area (Å²) in [6.07, 6.45) is 1.63. The number of carbonyl (C=O) groups excluding carboxylic acids is 1. The Labute approximate surface area is 199 Å². The molecule has 4 rings (SSSR count). The molecule has 32 heavy (non-hydrogen) atoms. The van der Waals surface area contributed by atoms with Crippen molar-refractivity contribution in [3.63, 3.8) is 0 Å². The Morgan fingerprint density at radius 1 is 1.00 bits per heavy atom. The van der Waals surface area contributed by atoms with E-state index >= 15 is 0 Å². The van der Waals surface area contributed by atoms with Crippen molar-refractivity contribution in [1.82, 2.24) is 19.6 Å². The highest BCUT2D eigenvalue weighted by Gasteiger charge is 2.14. The van der Waals surface area contributed by atoms with Gasteiger partial charge in [0.1, 0.15) is 0 Å². The molecule has 0 atom stereocenters. The molecule has 7 nitrogen and oxygen atoms in total. The molecule has 0 bridgehead atoms. The van der Waals surface area contributed by atoms with Gasteiger partial charge in [-0.05, 0) is 36.8 Å². The van der Waals surface area contributed by atoms with Gasteiger partial charge in [-0.1, -0.05) is 59.1 Å². The molecule has 0 aliphatic rings. The van der Waals surface area contributed by atoms with Crippen LogP contribution in [0.15, 0.2) is 60.8 Å². The fraction of sp³-hybridized carbons (Fsp3) is 0.136. The van der Waals surface area contributed by atoms with Gasteiger partial charge in [0.15, 0.2) is 24.0 Å². The number of anilines is 1. The van der Waals surface area contributed by atoms with Crippen molar-refractivity contribution in [2.24, 2.45) is 0 Å². The number of amides is 1. The maximum atomic E-state index is 12.6. The van der Waals surface area contributed by atoms with Crippen LogP contribution in [0.25, 0.3) is 0 Å². The van der Waals surface area contributed by atoms with Gasteiger partial charge in [-0.3, -0.25) is 9.48 Å². The van der Waals surface area contributed by atoms with Crippen molar-refractivity contribution in [1.29, 1.82) is 0 Å². The summed E-state index contributed by atoms with van der Waals surface area (Å²) in [5, 5.41) is 12.9. The molecule has 10 heteroatoms. The van der Waals surface area contributed by atoms with Crippen LogP contribution in [-0.4, -0.2) is 25.5 Å². The van der Waals surface area contributed by atoms with Gasteiger partial charge in [-0.2, -0.15) is 10.2 Å². The smallest absolute Gasteiger partial charge is 0.277 e. The summed E-state index contributed by atoms with van der Waals surface area (Å²) in [5.74, 6) is 0.395. The number of carbonyl (C=O) groups is 1. The number of halogens is 3. The Bertz CT molecular complexity index is 1250. The highest BCUT2D eigenvalue weighted by Crippen LogP contribution is 2.32. The number of benzene rings is 2. The molecule has 4 aromatic rings. The summed E-state index contributed by atoms with van der Waals surface area (Å²) in [4.78, 5) is 12.6. The summed E-state index contributed by atoms with van der Waals surface area (Å²) in [5.41, 5.74) is 2.04. The highest BCUT2D eigenvalue weighted by molar-refractivity contribution is 6.37. The molecular weight excluding hydrogens is 473 g/mol. The number of hydrogen-bond acceptors (Lipinski definition) is 4. The fourth-order valence-electron chi connectivity index (χ4n) is 3.01. The van der Waals surface area contributed by atoms with E-state index in [2.05, 4.69) is 15.5 Å². The van der Waals surface area contributed by atoms with E-state index in [-0.39, 0.29) is 18.3 Å². The van der Waals surface area contributed by atoms with E-state index in [1.54, 1.807) is 41.2 Å². The third-order valence-electron chi connectivity index (χ3n) is 4.63. The molecule has 164 valence electrons. The van der Waals surface area contributed by atoms with Gasteiger partial charge in [-0.25, -0.2) is 4.68 Å². The maximum Gasteiger partial charge on any atom is 0.277 e. The predicted octanol–water partition coefficient (Wildman–Crippen LogP) is 5.69. The van der Waals surface area contributed by atoms with Crippen molar-refractivity contribution in [3.8, 4) is 5.75 Å². The third kappa shape index (κ3) is 5.07. The second-order valence-electron chi connectivity index (χ2n) is 6.94. The number of ether oxygens (including phenoxy) is 1. The first-order valence-electron chi connectivity index (χ1n) is 9.60. The number of nitrogens with zero attached hydrogens (tertiary/aromatic N) is 4. The van der Waals surface area contributed by atoms with Crippen LogP contribution in [0.4, 0.5) is 5.82 Å².